The average Bonchev–Trinajstić information content (AvgIpc) is 3.23. The lowest BCUT2D eigenvalue weighted by Crippen LogP contribution is -2.10. The molecule has 3 heteroatoms. The van der Waals surface area contributed by atoms with Crippen LogP contribution >= 0.6 is 0 Å². The number of rotatable bonds is 3. The molecular formula is C15H14N2O. The molecule has 1 saturated carbocycles. The zero-order valence-corrected chi connectivity index (χ0v) is 9.97. The number of carbonyl (C=O) groups is 1. The zero-order valence-electron chi connectivity index (χ0n) is 9.97. The molecule has 0 unspecified atom stereocenters. The number of benzene rings is 1. The van der Waals surface area contributed by atoms with Gasteiger partial charge in [-0.05, 0) is 42.5 Å². The van der Waals surface area contributed by atoms with Crippen LogP contribution in [-0.2, 0) is 0 Å². The second kappa shape index (κ2) is 4.26. The molecule has 3 rings (SSSR count). The minimum atomic E-state index is -0.411. The van der Waals surface area contributed by atoms with Crippen LogP contribution in [0.3, 0.4) is 0 Å². The molecule has 1 aromatic heterocycles. The number of hydrogen-bond donors (Lipinski definition) is 1. The molecule has 0 bridgehead atoms. The predicted octanol–water partition coefficient (Wildman–Crippen LogP) is 2.72. The molecule has 18 heavy (non-hydrogen) atoms. The maximum Gasteiger partial charge on any atom is 0.248 e. The molecular weight excluding hydrogens is 224 g/mol. The Balaban J connectivity index is 1.93. The van der Waals surface area contributed by atoms with Gasteiger partial charge in [0.1, 0.15) is 0 Å². The van der Waals surface area contributed by atoms with E-state index in [1.54, 1.807) is 12.1 Å². The SMILES string of the molecule is NC(=O)c1cccc(-c2ccc(C3CC3)cn2)c1. The molecule has 1 fully saturated rings. The third-order valence-electron chi connectivity index (χ3n) is 3.28. The van der Waals surface area contributed by atoms with Crippen molar-refractivity contribution in [1.82, 2.24) is 4.98 Å². The number of primary amides is 1. The van der Waals surface area contributed by atoms with Gasteiger partial charge in [0.2, 0.25) is 5.91 Å². The summed E-state index contributed by atoms with van der Waals surface area (Å²) < 4.78 is 0. The van der Waals surface area contributed by atoms with E-state index in [0.29, 0.717) is 11.5 Å². The molecule has 1 aromatic carbocycles. The van der Waals surface area contributed by atoms with Crippen molar-refractivity contribution >= 4 is 5.91 Å². The zero-order chi connectivity index (χ0) is 12.5. The monoisotopic (exact) mass is 238 g/mol. The molecule has 0 saturated heterocycles. The number of hydrogen-bond acceptors (Lipinski definition) is 2. The Bertz CT molecular complexity index is 586. The Kier molecular flexibility index (Phi) is 2.59. The number of pyridine rings is 1. The van der Waals surface area contributed by atoms with Crippen LogP contribution in [0.25, 0.3) is 11.3 Å². The Morgan fingerprint density at radius 1 is 1.22 bits per heavy atom. The van der Waals surface area contributed by atoms with E-state index < -0.39 is 5.91 Å². The van der Waals surface area contributed by atoms with E-state index in [9.17, 15) is 4.79 Å². The van der Waals surface area contributed by atoms with Gasteiger partial charge in [-0.15, -0.1) is 0 Å². The van der Waals surface area contributed by atoms with Crippen LogP contribution in [0.5, 0.6) is 0 Å². The molecule has 1 aliphatic carbocycles. The molecule has 2 aromatic rings. The van der Waals surface area contributed by atoms with E-state index >= 15 is 0 Å². The predicted molar refractivity (Wildman–Crippen MR) is 70.2 cm³/mol. The smallest absolute Gasteiger partial charge is 0.248 e. The fraction of sp³-hybridized carbons (Fsp3) is 0.200. The quantitative estimate of drug-likeness (QED) is 0.893. The number of nitrogens with two attached hydrogens (primary N) is 1. The van der Waals surface area contributed by atoms with Crippen molar-refractivity contribution in [3.05, 3.63) is 53.7 Å². The van der Waals surface area contributed by atoms with Gasteiger partial charge in [0, 0.05) is 17.3 Å². The highest BCUT2D eigenvalue weighted by Crippen LogP contribution is 2.39. The molecule has 0 radical (unpaired) electrons. The number of aromatic nitrogens is 1. The first kappa shape index (κ1) is 11.0. The van der Waals surface area contributed by atoms with Gasteiger partial charge in [0.15, 0.2) is 0 Å². The van der Waals surface area contributed by atoms with Gasteiger partial charge in [-0.25, -0.2) is 0 Å². The summed E-state index contributed by atoms with van der Waals surface area (Å²) in [5, 5.41) is 0. The van der Waals surface area contributed by atoms with Crippen LogP contribution < -0.4 is 5.73 Å². The molecule has 0 spiro atoms. The Morgan fingerprint density at radius 3 is 2.67 bits per heavy atom. The lowest BCUT2D eigenvalue weighted by atomic mass is 10.1. The van der Waals surface area contributed by atoms with Crippen molar-refractivity contribution in [3.63, 3.8) is 0 Å². The van der Waals surface area contributed by atoms with Crippen molar-refractivity contribution in [2.45, 2.75) is 18.8 Å². The van der Waals surface area contributed by atoms with Crippen LogP contribution in [0.15, 0.2) is 42.6 Å². The minimum Gasteiger partial charge on any atom is -0.366 e. The molecule has 2 N–H and O–H groups in total. The van der Waals surface area contributed by atoms with E-state index in [0.717, 1.165) is 11.3 Å². The first-order chi connectivity index (χ1) is 8.74. The third kappa shape index (κ3) is 2.12. The van der Waals surface area contributed by atoms with Gasteiger partial charge in [0.05, 0.1) is 5.69 Å². The largest absolute Gasteiger partial charge is 0.366 e. The summed E-state index contributed by atoms with van der Waals surface area (Å²) in [4.78, 5) is 15.6. The van der Waals surface area contributed by atoms with Crippen LogP contribution in [0.1, 0.15) is 34.7 Å². The lowest BCUT2D eigenvalue weighted by Gasteiger charge is -2.04. The van der Waals surface area contributed by atoms with Crippen molar-refractivity contribution in [3.8, 4) is 11.3 Å². The standard InChI is InChI=1S/C15H14N2O/c16-15(18)12-3-1-2-11(8-12)14-7-6-13(9-17-14)10-4-5-10/h1-3,6-10H,4-5H2,(H2,16,18). The van der Waals surface area contributed by atoms with Crippen molar-refractivity contribution in [2.24, 2.45) is 5.73 Å². The van der Waals surface area contributed by atoms with Gasteiger partial charge < -0.3 is 5.73 Å². The Morgan fingerprint density at radius 2 is 2.06 bits per heavy atom. The fourth-order valence-corrected chi connectivity index (χ4v) is 2.07. The van der Waals surface area contributed by atoms with Gasteiger partial charge in [-0.1, -0.05) is 18.2 Å². The third-order valence-corrected chi connectivity index (χ3v) is 3.28. The summed E-state index contributed by atoms with van der Waals surface area (Å²) in [6.45, 7) is 0. The first-order valence-corrected chi connectivity index (χ1v) is 6.10. The molecule has 0 aliphatic heterocycles. The number of carbonyl (C=O) groups excluding carboxylic acids is 1. The van der Waals surface area contributed by atoms with Crippen molar-refractivity contribution < 1.29 is 4.79 Å². The van der Waals surface area contributed by atoms with Crippen molar-refractivity contribution in [1.29, 1.82) is 0 Å². The summed E-state index contributed by atoms with van der Waals surface area (Å²) in [7, 11) is 0. The molecule has 0 atom stereocenters. The van der Waals surface area contributed by atoms with E-state index in [2.05, 4.69) is 11.1 Å². The van der Waals surface area contributed by atoms with E-state index in [1.807, 2.05) is 24.4 Å². The van der Waals surface area contributed by atoms with E-state index in [-0.39, 0.29) is 0 Å². The Hall–Kier alpha value is -2.16. The maximum atomic E-state index is 11.1. The topological polar surface area (TPSA) is 56.0 Å². The molecule has 1 heterocycles. The van der Waals surface area contributed by atoms with Crippen LogP contribution in [0.4, 0.5) is 0 Å². The molecule has 1 aliphatic rings. The van der Waals surface area contributed by atoms with Crippen molar-refractivity contribution in [2.75, 3.05) is 0 Å². The summed E-state index contributed by atoms with van der Waals surface area (Å²) in [6.07, 6.45) is 4.49. The molecule has 90 valence electrons. The highest BCUT2D eigenvalue weighted by Gasteiger charge is 2.23. The fourth-order valence-electron chi connectivity index (χ4n) is 2.07. The Labute approximate surface area is 106 Å². The minimum absolute atomic E-state index is 0.411. The highest BCUT2D eigenvalue weighted by molar-refractivity contribution is 5.93. The van der Waals surface area contributed by atoms with Gasteiger partial charge in [0.25, 0.3) is 0 Å². The maximum absolute atomic E-state index is 11.1. The van der Waals surface area contributed by atoms with Gasteiger partial charge >= 0.3 is 0 Å². The number of nitrogens with zero attached hydrogens (tertiary/aromatic N) is 1. The first-order valence-electron chi connectivity index (χ1n) is 6.10. The average molecular weight is 238 g/mol. The van der Waals surface area contributed by atoms with Crippen LogP contribution in [0, 0.1) is 0 Å². The van der Waals surface area contributed by atoms with Crippen LogP contribution in [-0.4, -0.2) is 10.9 Å². The second-order valence-electron chi connectivity index (χ2n) is 4.70. The summed E-state index contributed by atoms with van der Waals surface area (Å²) >= 11 is 0. The highest BCUT2D eigenvalue weighted by atomic mass is 16.1. The van der Waals surface area contributed by atoms with E-state index in [1.165, 1.54) is 18.4 Å². The summed E-state index contributed by atoms with van der Waals surface area (Å²) in [5.74, 6) is 0.301. The van der Waals surface area contributed by atoms with Gasteiger partial charge in [-0.3, -0.25) is 9.78 Å². The second-order valence-corrected chi connectivity index (χ2v) is 4.70. The number of amides is 1. The van der Waals surface area contributed by atoms with E-state index in [4.69, 9.17) is 5.73 Å². The summed E-state index contributed by atoms with van der Waals surface area (Å²) in [6, 6.07) is 11.4. The summed E-state index contributed by atoms with van der Waals surface area (Å²) in [5.41, 5.74) is 8.90. The molecule has 1 amide bonds. The lowest BCUT2D eigenvalue weighted by molar-refractivity contribution is 0.100. The van der Waals surface area contributed by atoms with Gasteiger partial charge in [-0.2, -0.15) is 0 Å². The van der Waals surface area contributed by atoms with Crippen LogP contribution in [0.2, 0.25) is 0 Å². The molecule has 3 nitrogen and oxygen atoms in total. The normalized spacial score (nSPS) is 14.4.